The summed E-state index contributed by atoms with van der Waals surface area (Å²) in [4.78, 5) is 24.6. The average molecular weight is 282 g/mol. The standard InChI is InChI=1S/C17H18N2O2/c1-19-10-9-15(18-19)17(21)14-11-13(7-8-16(14)20)12-5-3-2-4-6-12/h2-6,9-10,13-14H,7-8,11H2,1H3. The van der Waals surface area contributed by atoms with Crippen LogP contribution in [0.15, 0.2) is 42.6 Å². The first kappa shape index (κ1) is 13.7. The Kier molecular flexibility index (Phi) is 3.69. The lowest BCUT2D eigenvalue weighted by Crippen LogP contribution is -2.31. The first-order chi connectivity index (χ1) is 10.1. The number of nitrogens with zero attached hydrogens (tertiary/aromatic N) is 2. The van der Waals surface area contributed by atoms with Crippen molar-refractivity contribution in [3.63, 3.8) is 0 Å². The van der Waals surface area contributed by atoms with Crippen molar-refractivity contribution in [1.29, 1.82) is 0 Å². The zero-order chi connectivity index (χ0) is 14.8. The van der Waals surface area contributed by atoms with E-state index in [1.807, 2.05) is 18.2 Å². The van der Waals surface area contributed by atoms with E-state index in [2.05, 4.69) is 17.2 Å². The van der Waals surface area contributed by atoms with Crippen molar-refractivity contribution in [3.8, 4) is 0 Å². The number of hydrogen-bond acceptors (Lipinski definition) is 3. The zero-order valence-electron chi connectivity index (χ0n) is 12.0. The van der Waals surface area contributed by atoms with Crippen LogP contribution in [0.25, 0.3) is 0 Å². The molecule has 4 nitrogen and oxygen atoms in total. The van der Waals surface area contributed by atoms with Crippen LogP contribution < -0.4 is 0 Å². The number of hydrogen-bond donors (Lipinski definition) is 0. The summed E-state index contributed by atoms with van der Waals surface area (Å²) in [6.45, 7) is 0. The molecule has 0 aliphatic heterocycles. The Morgan fingerprint density at radius 2 is 2.00 bits per heavy atom. The van der Waals surface area contributed by atoms with Gasteiger partial charge >= 0.3 is 0 Å². The van der Waals surface area contributed by atoms with Crippen molar-refractivity contribution in [1.82, 2.24) is 9.78 Å². The summed E-state index contributed by atoms with van der Waals surface area (Å²) in [5, 5.41) is 4.13. The number of Topliss-reactive ketones (excluding diaryl/α,β-unsaturated/α-hetero) is 2. The van der Waals surface area contributed by atoms with Crippen LogP contribution >= 0.6 is 0 Å². The Morgan fingerprint density at radius 1 is 1.24 bits per heavy atom. The molecular weight excluding hydrogens is 264 g/mol. The lowest BCUT2D eigenvalue weighted by atomic mass is 9.75. The van der Waals surface area contributed by atoms with Gasteiger partial charge in [-0.25, -0.2) is 0 Å². The molecule has 0 N–H and O–H groups in total. The third-order valence-electron chi connectivity index (χ3n) is 4.20. The zero-order valence-corrected chi connectivity index (χ0v) is 12.0. The van der Waals surface area contributed by atoms with Gasteiger partial charge < -0.3 is 0 Å². The summed E-state index contributed by atoms with van der Waals surface area (Å²) in [5.41, 5.74) is 1.60. The average Bonchev–Trinajstić information content (AvgIpc) is 2.94. The Hall–Kier alpha value is -2.23. The van der Waals surface area contributed by atoms with E-state index < -0.39 is 5.92 Å². The van der Waals surface area contributed by atoms with Crippen LogP contribution in [0.5, 0.6) is 0 Å². The Bertz CT molecular complexity index is 660. The Morgan fingerprint density at radius 3 is 2.67 bits per heavy atom. The highest BCUT2D eigenvalue weighted by Crippen LogP contribution is 2.35. The number of carbonyl (C=O) groups excluding carboxylic acids is 2. The normalized spacial score (nSPS) is 22.2. The molecule has 2 aromatic rings. The molecule has 1 aliphatic carbocycles. The molecule has 1 heterocycles. The minimum absolute atomic E-state index is 0.0536. The van der Waals surface area contributed by atoms with E-state index in [0.29, 0.717) is 18.5 Å². The molecule has 1 fully saturated rings. The maximum atomic E-state index is 12.5. The molecule has 1 aromatic heterocycles. The van der Waals surface area contributed by atoms with E-state index in [9.17, 15) is 9.59 Å². The topological polar surface area (TPSA) is 52.0 Å². The molecule has 4 heteroatoms. The maximum absolute atomic E-state index is 12.5. The summed E-state index contributed by atoms with van der Waals surface area (Å²) >= 11 is 0. The summed E-state index contributed by atoms with van der Waals surface area (Å²) in [5.74, 6) is -0.348. The van der Waals surface area contributed by atoms with E-state index in [-0.39, 0.29) is 17.5 Å². The summed E-state index contributed by atoms with van der Waals surface area (Å²) in [6.07, 6.45) is 3.63. The third-order valence-corrected chi connectivity index (χ3v) is 4.20. The predicted molar refractivity (Wildman–Crippen MR) is 79.1 cm³/mol. The fourth-order valence-corrected chi connectivity index (χ4v) is 3.03. The number of rotatable bonds is 3. The van der Waals surface area contributed by atoms with Crippen molar-refractivity contribution >= 4 is 11.6 Å². The molecule has 0 amide bonds. The van der Waals surface area contributed by atoms with Crippen LogP contribution in [0.2, 0.25) is 0 Å². The SMILES string of the molecule is Cn1ccc(C(=O)C2CC(c3ccccc3)CCC2=O)n1. The molecule has 3 rings (SSSR count). The highest BCUT2D eigenvalue weighted by atomic mass is 16.2. The van der Waals surface area contributed by atoms with Crippen molar-refractivity contribution in [2.45, 2.75) is 25.2 Å². The molecule has 1 saturated carbocycles. The van der Waals surface area contributed by atoms with Gasteiger partial charge in [-0.3, -0.25) is 14.3 Å². The van der Waals surface area contributed by atoms with E-state index in [1.54, 1.807) is 24.0 Å². The Labute approximate surface area is 123 Å². The summed E-state index contributed by atoms with van der Waals surface area (Å²) in [6, 6.07) is 11.8. The molecule has 0 bridgehead atoms. The molecule has 0 spiro atoms. The van der Waals surface area contributed by atoms with Gasteiger partial charge in [-0.1, -0.05) is 30.3 Å². The second-order valence-electron chi connectivity index (χ2n) is 5.64. The van der Waals surface area contributed by atoms with Crippen LogP contribution in [0, 0.1) is 5.92 Å². The minimum Gasteiger partial charge on any atom is -0.299 e. The fraction of sp³-hybridized carbons (Fsp3) is 0.353. The van der Waals surface area contributed by atoms with Crippen molar-refractivity contribution in [3.05, 3.63) is 53.9 Å². The van der Waals surface area contributed by atoms with Gasteiger partial charge in [-0.05, 0) is 30.4 Å². The number of carbonyl (C=O) groups is 2. The lowest BCUT2D eigenvalue weighted by molar-refractivity contribution is -0.123. The highest BCUT2D eigenvalue weighted by molar-refractivity contribution is 6.10. The van der Waals surface area contributed by atoms with Crippen LogP contribution in [-0.2, 0) is 11.8 Å². The van der Waals surface area contributed by atoms with Crippen LogP contribution in [0.3, 0.4) is 0 Å². The van der Waals surface area contributed by atoms with E-state index in [1.165, 1.54) is 5.56 Å². The van der Waals surface area contributed by atoms with Gasteiger partial charge in [0.25, 0.3) is 0 Å². The second kappa shape index (κ2) is 5.64. The van der Waals surface area contributed by atoms with Gasteiger partial charge in [0.2, 0.25) is 0 Å². The van der Waals surface area contributed by atoms with Gasteiger partial charge in [0.05, 0.1) is 5.92 Å². The predicted octanol–water partition coefficient (Wildman–Crippen LogP) is 2.76. The van der Waals surface area contributed by atoms with E-state index >= 15 is 0 Å². The van der Waals surface area contributed by atoms with Gasteiger partial charge in [0, 0.05) is 19.7 Å². The Balaban J connectivity index is 1.81. The summed E-state index contributed by atoms with van der Waals surface area (Å²) in [7, 11) is 1.77. The molecule has 0 radical (unpaired) electrons. The lowest BCUT2D eigenvalue weighted by Gasteiger charge is -2.27. The smallest absolute Gasteiger partial charge is 0.193 e. The molecule has 1 aliphatic rings. The fourth-order valence-electron chi connectivity index (χ4n) is 3.03. The number of aromatic nitrogens is 2. The third kappa shape index (κ3) is 2.79. The van der Waals surface area contributed by atoms with Crippen LogP contribution in [0.1, 0.15) is 41.2 Å². The van der Waals surface area contributed by atoms with Gasteiger partial charge in [0.15, 0.2) is 5.78 Å². The number of benzene rings is 1. The molecule has 2 atom stereocenters. The quantitative estimate of drug-likeness (QED) is 0.642. The van der Waals surface area contributed by atoms with Crippen LogP contribution in [0.4, 0.5) is 0 Å². The highest BCUT2D eigenvalue weighted by Gasteiger charge is 2.35. The molecule has 2 unspecified atom stereocenters. The van der Waals surface area contributed by atoms with Crippen molar-refractivity contribution in [2.24, 2.45) is 13.0 Å². The molecule has 0 saturated heterocycles. The molecule has 1 aromatic carbocycles. The molecule has 21 heavy (non-hydrogen) atoms. The number of ketones is 2. The molecule has 108 valence electrons. The van der Waals surface area contributed by atoms with E-state index in [4.69, 9.17) is 0 Å². The second-order valence-corrected chi connectivity index (χ2v) is 5.64. The maximum Gasteiger partial charge on any atom is 0.193 e. The first-order valence-electron chi connectivity index (χ1n) is 7.26. The van der Waals surface area contributed by atoms with Crippen LogP contribution in [-0.4, -0.2) is 21.3 Å². The van der Waals surface area contributed by atoms with Gasteiger partial charge in [0.1, 0.15) is 11.5 Å². The van der Waals surface area contributed by atoms with E-state index in [0.717, 1.165) is 6.42 Å². The molecular formula is C17H18N2O2. The van der Waals surface area contributed by atoms with Crippen molar-refractivity contribution < 1.29 is 9.59 Å². The monoisotopic (exact) mass is 282 g/mol. The minimum atomic E-state index is -0.543. The largest absolute Gasteiger partial charge is 0.299 e. The first-order valence-corrected chi connectivity index (χ1v) is 7.26. The van der Waals surface area contributed by atoms with Gasteiger partial charge in [-0.15, -0.1) is 0 Å². The summed E-state index contributed by atoms with van der Waals surface area (Å²) < 4.78 is 1.59. The van der Waals surface area contributed by atoms with Gasteiger partial charge in [-0.2, -0.15) is 5.10 Å². The number of aryl methyl sites for hydroxylation is 1. The van der Waals surface area contributed by atoms with Crippen molar-refractivity contribution in [2.75, 3.05) is 0 Å².